The molecule has 5 rings (SSSR count). The minimum Gasteiger partial charge on any atom is -0.339 e. The summed E-state index contributed by atoms with van der Waals surface area (Å²) < 4.78 is 27.8. The lowest BCUT2D eigenvalue weighted by Gasteiger charge is -2.16. The van der Waals surface area contributed by atoms with Crippen LogP contribution in [0.2, 0.25) is 0 Å². The zero-order valence-corrected chi connectivity index (χ0v) is 18.1. The molecule has 0 amide bonds. The normalized spacial score (nSPS) is 17.4. The molecular formula is C24H24N4O2S. The van der Waals surface area contributed by atoms with Crippen LogP contribution < -0.4 is 0 Å². The second kappa shape index (κ2) is 7.90. The Labute approximate surface area is 182 Å². The quantitative estimate of drug-likeness (QED) is 0.495. The van der Waals surface area contributed by atoms with E-state index in [4.69, 9.17) is 0 Å². The summed E-state index contributed by atoms with van der Waals surface area (Å²) in [4.78, 5) is 12.4. The summed E-state index contributed by atoms with van der Waals surface area (Å²) in [6.45, 7) is 3.24. The van der Waals surface area contributed by atoms with Gasteiger partial charge >= 0.3 is 0 Å². The number of aromatic amines is 1. The number of hydrogen-bond donors (Lipinski definition) is 1. The van der Waals surface area contributed by atoms with Crippen LogP contribution >= 0.6 is 0 Å². The molecule has 0 aliphatic carbocycles. The summed E-state index contributed by atoms with van der Waals surface area (Å²) in [5.41, 5.74) is 4.25. The van der Waals surface area contributed by atoms with Gasteiger partial charge in [-0.1, -0.05) is 49.7 Å². The van der Waals surface area contributed by atoms with Crippen LogP contribution in [0.25, 0.3) is 33.5 Å². The van der Waals surface area contributed by atoms with Crippen molar-refractivity contribution < 1.29 is 8.42 Å². The van der Waals surface area contributed by atoms with E-state index in [1.54, 1.807) is 22.6 Å². The maximum absolute atomic E-state index is 13.1. The fraction of sp³-hybridized carbons (Fsp3) is 0.250. The topological polar surface area (TPSA) is 79.0 Å². The number of aromatic nitrogens is 3. The molecule has 1 aliphatic rings. The van der Waals surface area contributed by atoms with E-state index in [0.717, 1.165) is 40.7 Å². The summed E-state index contributed by atoms with van der Waals surface area (Å²) in [5.74, 6) is 0.428. The molecule has 1 saturated heterocycles. The van der Waals surface area contributed by atoms with E-state index in [2.05, 4.69) is 27.9 Å². The second-order valence-corrected chi connectivity index (χ2v) is 9.88. The molecule has 0 saturated carbocycles. The van der Waals surface area contributed by atoms with Gasteiger partial charge in [0.2, 0.25) is 0 Å². The van der Waals surface area contributed by atoms with Crippen molar-refractivity contribution in [1.82, 2.24) is 19.3 Å². The van der Waals surface area contributed by atoms with Crippen LogP contribution in [0.1, 0.15) is 19.8 Å². The minimum atomic E-state index is -3.59. The fourth-order valence-corrected chi connectivity index (χ4v) is 5.61. The highest BCUT2D eigenvalue weighted by molar-refractivity contribution is 7.89. The van der Waals surface area contributed by atoms with Crippen LogP contribution in [0.5, 0.6) is 0 Å². The molecule has 3 aromatic heterocycles. The van der Waals surface area contributed by atoms with Gasteiger partial charge in [-0.25, -0.2) is 18.4 Å². The number of nitrogens with one attached hydrogen (secondary N) is 1. The number of fused-ring (bicyclic) bond motifs is 1. The number of sulfonamides is 1. The number of hydrogen-bond acceptors (Lipinski definition) is 4. The molecule has 0 radical (unpaired) electrons. The molecule has 6 nitrogen and oxygen atoms in total. The van der Waals surface area contributed by atoms with Crippen molar-refractivity contribution in [1.29, 1.82) is 0 Å². The maximum atomic E-state index is 13.1. The first-order valence-corrected chi connectivity index (χ1v) is 12.0. The predicted octanol–water partition coefficient (Wildman–Crippen LogP) is 4.71. The van der Waals surface area contributed by atoms with Gasteiger partial charge in [-0.15, -0.1) is 0 Å². The highest BCUT2D eigenvalue weighted by Crippen LogP contribution is 2.29. The summed E-state index contributed by atoms with van der Waals surface area (Å²) in [7, 11) is -3.59. The van der Waals surface area contributed by atoms with Gasteiger partial charge < -0.3 is 4.98 Å². The zero-order chi connectivity index (χ0) is 21.4. The van der Waals surface area contributed by atoms with Gasteiger partial charge in [-0.05, 0) is 42.2 Å². The van der Waals surface area contributed by atoms with Gasteiger partial charge in [0.05, 0.1) is 5.69 Å². The molecule has 1 unspecified atom stereocenters. The fourth-order valence-electron chi connectivity index (χ4n) is 4.13. The predicted molar refractivity (Wildman–Crippen MR) is 122 cm³/mol. The number of benzene rings is 1. The number of rotatable bonds is 5. The zero-order valence-electron chi connectivity index (χ0n) is 17.3. The number of H-pyrrole nitrogens is 1. The average Bonchev–Trinajstić information content (AvgIpc) is 3.47. The highest BCUT2D eigenvalue weighted by atomic mass is 32.2. The van der Waals surface area contributed by atoms with Crippen LogP contribution in [0, 0.1) is 5.92 Å². The lowest BCUT2D eigenvalue weighted by atomic mass is 10.1. The molecule has 158 valence electrons. The van der Waals surface area contributed by atoms with E-state index in [1.807, 2.05) is 42.5 Å². The van der Waals surface area contributed by atoms with Crippen molar-refractivity contribution >= 4 is 21.1 Å². The van der Waals surface area contributed by atoms with Crippen molar-refractivity contribution in [3.8, 4) is 22.5 Å². The Morgan fingerprint density at radius 1 is 1.06 bits per heavy atom. The molecule has 1 N–H and O–H groups in total. The van der Waals surface area contributed by atoms with Crippen LogP contribution in [-0.2, 0) is 10.0 Å². The van der Waals surface area contributed by atoms with Crippen LogP contribution in [-0.4, -0.2) is 40.8 Å². The van der Waals surface area contributed by atoms with Gasteiger partial charge in [0.1, 0.15) is 5.65 Å². The van der Waals surface area contributed by atoms with E-state index < -0.39 is 10.0 Å². The summed E-state index contributed by atoms with van der Waals surface area (Å²) in [6, 6.07) is 19.3. The van der Waals surface area contributed by atoms with Gasteiger partial charge in [0.25, 0.3) is 10.0 Å². The van der Waals surface area contributed by atoms with E-state index in [-0.39, 0.29) is 5.03 Å². The molecule has 7 heteroatoms. The molecule has 1 aromatic carbocycles. The van der Waals surface area contributed by atoms with Crippen LogP contribution in [0.4, 0.5) is 0 Å². The van der Waals surface area contributed by atoms with Crippen LogP contribution in [0.3, 0.4) is 0 Å². The Morgan fingerprint density at radius 2 is 1.90 bits per heavy atom. The first-order chi connectivity index (χ1) is 15.0. The highest BCUT2D eigenvalue weighted by Gasteiger charge is 2.32. The smallest absolute Gasteiger partial charge is 0.260 e. The molecule has 31 heavy (non-hydrogen) atoms. The Hall–Kier alpha value is -3.03. The van der Waals surface area contributed by atoms with Gasteiger partial charge in [-0.2, -0.15) is 4.31 Å². The number of pyridine rings is 2. The largest absolute Gasteiger partial charge is 0.339 e. The molecule has 4 heterocycles. The maximum Gasteiger partial charge on any atom is 0.260 e. The summed E-state index contributed by atoms with van der Waals surface area (Å²) in [6.07, 6.45) is 3.63. The van der Waals surface area contributed by atoms with E-state index in [0.29, 0.717) is 24.7 Å². The first-order valence-electron chi connectivity index (χ1n) is 10.6. The van der Waals surface area contributed by atoms with Crippen molar-refractivity contribution in [2.45, 2.75) is 24.8 Å². The molecule has 1 atom stereocenters. The Bertz CT molecular complexity index is 1330. The Morgan fingerprint density at radius 3 is 2.68 bits per heavy atom. The lowest BCUT2D eigenvalue weighted by molar-refractivity contribution is 0.451. The molecule has 0 bridgehead atoms. The molecule has 1 aliphatic heterocycles. The summed E-state index contributed by atoms with van der Waals surface area (Å²) >= 11 is 0. The standard InChI is InChI=1S/C24H24N4O2S/c1-2-17-11-12-28(16-17)31(29,30)23-10-6-9-21(26-23)20-13-19-14-22(27-24(19)25-15-20)18-7-4-3-5-8-18/h3-10,13-15,17H,2,11-12,16H2,1H3,(H,25,27). The third-order valence-corrected chi connectivity index (χ3v) is 7.77. The van der Waals surface area contributed by atoms with Crippen molar-refractivity contribution in [3.05, 3.63) is 66.9 Å². The van der Waals surface area contributed by atoms with Gasteiger partial charge in [0.15, 0.2) is 5.03 Å². The van der Waals surface area contributed by atoms with Crippen molar-refractivity contribution in [2.75, 3.05) is 13.1 Å². The van der Waals surface area contributed by atoms with Crippen molar-refractivity contribution in [2.24, 2.45) is 5.92 Å². The lowest BCUT2D eigenvalue weighted by Crippen LogP contribution is -2.29. The monoisotopic (exact) mass is 432 g/mol. The first kappa shape index (κ1) is 19.9. The molecule has 1 fully saturated rings. The molecule has 0 spiro atoms. The van der Waals surface area contributed by atoms with Crippen LogP contribution in [0.15, 0.2) is 71.9 Å². The third kappa shape index (κ3) is 3.75. The summed E-state index contributed by atoms with van der Waals surface area (Å²) in [5, 5.41) is 1.05. The van der Waals surface area contributed by atoms with E-state index in [9.17, 15) is 8.42 Å². The van der Waals surface area contributed by atoms with Gasteiger partial charge in [0, 0.05) is 35.9 Å². The van der Waals surface area contributed by atoms with Crippen molar-refractivity contribution in [3.63, 3.8) is 0 Å². The minimum absolute atomic E-state index is 0.0980. The average molecular weight is 433 g/mol. The second-order valence-electron chi connectivity index (χ2n) is 8.00. The Balaban J connectivity index is 1.48. The SMILES string of the molecule is CCC1CCN(S(=O)(=O)c2cccc(-c3cnc4[nH]c(-c5ccccc5)cc4c3)n2)C1. The van der Waals surface area contributed by atoms with Gasteiger partial charge in [-0.3, -0.25) is 0 Å². The molecule has 4 aromatic rings. The Kier molecular flexibility index (Phi) is 5.08. The third-order valence-electron chi connectivity index (χ3n) is 6.00. The number of nitrogens with zero attached hydrogens (tertiary/aromatic N) is 3. The van der Waals surface area contributed by atoms with E-state index in [1.165, 1.54) is 0 Å². The van der Waals surface area contributed by atoms with E-state index >= 15 is 0 Å². The molecular weight excluding hydrogens is 408 g/mol.